The normalized spacial score (nSPS) is 13.0. The molecule has 0 bridgehead atoms. The molecule has 1 aromatic rings. The standard InChI is InChI=1S/C12H15F3N2O3S/c1-11(2,3)21(19,20)17-7-4-5-9(12(13,14)15)8(6-7)10(16)18/h4-6,17H,1-3H3,(H2,16,18). The number of rotatable bonds is 3. The van der Waals surface area contributed by atoms with Gasteiger partial charge in [0, 0.05) is 5.69 Å². The van der Waals surface area contributed by atoms with E-state index in [9.17, 15) is 26.4 Å². The van der Waals surface area contributed by atoms with Crippen LogP contribution in [0.4, 0.5) is 18.9 Å². The molecule has 0 fully saturated rings. The molecule has 9 heteroatoms. The SMILES string of the molecule is CC(C)(C)S(=O)(=O)Nc1ccc(C(F)(F)F)c(C(N)=O)c1. The van der Waals surface area contributed by atoms with E-state index < -0.39 is 38.0 Å². The molecule has 0 spiro atoms. The molecule has 1 aromatic carbocycles. The Kier molecular flexibility index (Phi) is 4.29. The van der Waals surface area contributed by atoms with E-state index in [1.165, 1.54) is 20.8 Å². The van der Waals surface area contributed by atoms with Crippen LogP contribution in [-0.4, -0.2) is 19.1 Å². The highest BCUT2D eigenvalue weighted by atomic mass is 32.2. The van der Waals surface area contributed by atoms with Gasteiger partial charge < -0.3 is 5.73 Å². The van der Waals surface area contributed by atoms with Crippen LogP contribution in [0.2, 0.25) is 0 Å². The number of alkyl halides is 3. The number of primary amides is 1. The predicted octanol–water partition coefficient (Wildman–Crippen LogP) is 2.34. The van der Waals surface area contributed by atoms with Crippen molar-refractivity contribution in [3.63, 3.8) is 0 Å². The molecule has 3 N–H and O–H groups in total. The Bertz CT molecular complexity index is 661. The van der Waals surface area contributed by atoms with Gasteiger partial charge >= 0.3 is 6.18 Å². The number of benzene rings is 1. The average molecular weight is 324 g/mol. The van der Waals surface area contributed by atoms with Crippen LogP contribution < -0.4 is 10.5 Å². The van der Waals surface area contributed by atoms with Crippen molar-refractivity contribution in [1.29, 1.82) is 0 Å². The number of anilines is 1. The molecule has 0 aliphatic rings. The molecule has 0 aromatic heterocycles. The molecule has 5 nitrogen and oxygen atoms in total. The molecule has 0 radical (unpaired) electrons. The highest BCUT2D eigenvalue weighted by Crippen LogP contribution is 2.33. The van der Waals surface area contributed by atoms with Gasteiger partial charge in [0.2, 0.25) is 15.9 Å². The maximum Gasteiger partial charge on any atom is 0.417 e. The van der Waals surface area contributed by atoms with E-state index in [0.29, 0.717) is 6.07 Å². The zero-order valence-corrected chi connectivity index (χ0v) is 12.4. The number of halogens is 3. The molecule has 0 saturated carbocycles. The lowest BCUT2D eigenvalue weighted by Crippen LogP contribution is -2.33. The van der Waals surface area contributed by atoms with E-state index in [0.717, 1.165) is 12.1 Å². The van der Waals surface area contributed by atoms with Crippen LogP contribution in [0, 0.1) is 0 Å². The minimum atomic E-state index is -4.76. The summed E-state index contributed by atoms with van der Waals surface area (Å²) in [6, 6.07) is 2.31. The van der Waals surface area contributed by atoms with Gasteiger partial charge in [-0.25, -0.2) is 8.42 Å². The van der Waals surface area contributed by atoms with E-state index in [1.807, 2.05) is 0 Å². The van der Waals surface area contributed by atoms with Crippen molar-refractivity contribution in [2.24, 2.45) is 5.73 Å². The fourth-order valence-electron chi connectivity index (χ4n) is 1.37. The summed E-state index contributed by atoms with van der Waals surface area (Å²) < 4.78 is 63.0. The molecule has 0 atom stereocenters. The number of carbonyl (C=O) groups excluding carboxylic acids is 1. The Morgan fingerprint density at radius 2 is 1.71 bits per heavy atom. The van der Waals surface area contributed by atoms with Gasteiger partial charge in [-0.3, -0.25) is 9.52 Å². The van der Waals surface area contributed by atoms with Crippen LogP contribution in [-0.2, 0) is 16.2 Å². The van der Waals surface area contributed by atoms with Crippen molar-refractivity contribution in [3.05, 3.63) is 29.3 Å². The van der Waals surface area contributed by atoms with Crippen LogP contribution in [0.3, 0.4) is 0 Å². The fourth-order valence-corrected chi connectivity index (χ4v) is 2.11. The van der Waals surface area contributed by atoms with Crippen LogP contribution in [0.5, 0.6) is 0 Å². The minimum absolute atomic E-state index is 0.160. The largest absolute Gasteiger partial charge is 0.417 e. The third-order valence-corrected chi connectivity index (χ3v) is 4.77. The number of sulfonamides is 1. The summed E-state index contributed by atoms with van der Waals surface area (Å²) >= 11 is 0. The van der Waals surface area contributed by atoms with Gasteiger partial charge in [-0.2, -0.15) is 13.2 Å². The first kappa shape index (κ1) is 17.3. The molecule has 0 unspecified atom stereocenters. The van der Waals surface area contributed by atoms with E-state index in [-0.39, 0.29) is 5.69 Å². The van der Waals surface area contributed by atoms with Crippen molar-refractivity contribution in [2.75, 3.05) is 4.72 Å². The van der Waals surface area contributed by atoms with Gasteiger partial charge in [0.05, 0.1) is 15.9 Å². The molecular formula is C12H15F3N2O3S. The van der Waals surface area contributed by atoms with Crippen molar-refractivity contribution in [1.82, 2.24) is 0 Å². The zero-order valence-electron chi connectivity index (χ0n) is 11.6. The quantitative estimate of drug-likeness (QED) is 0.894. The molecule has 0 aliphatic carbocycles. The van der Waals surface area contributed by atoms with E-state index >= 15 is 0 Å². The Labute approximate surface area is 120 Å². The van der Waals surface area contributed by atoms with Gasteiger partial charge in [0.15, 0.2) is 0 Å². The molecule has 0 aliphatic heterocycles. The lowest BCUT2D eigenvalue weighted by Gasteiger charge is -2.21. The topological polar surface area (TPSA) is 89.3 Å². The first-order valence-electron chi connectivity index (χ1n) is 5.79. The molecular weight excluding hydrogens is 309 g/mol. The second-order valence-electron chi connectivity index (χ2n) is 5.34. The van der Waals surface area contributed by atoms with Gasteiger partial charge in [-0.05, 0) is 39.0 Å². The second kappa shape index (κ2) is 5.21. The van der Waals surface area contributed by atoms with Crippen LogP contribution in [0.15, 0.2) is 18.2 Å². The third-order valence-electron chi connectivity index (χ3n) is 2.65. The predicted molar refractivity (Wildman–Crippen MR) is 72.3 cm³/mol. The monoisotopic (exact) mass is 324 g/mol. The van der Waals surface area contributed by atoms with Crippen LogP contribution in [0.1, 0.15) is 36.7 Å². The summed E-state index contributed by atoms with van der Waals surface area (Å²) in [5.74, 6) is -1.29. The lowest BCUT2D eigenvalue weighted by atomic mass is 10.1. The summed E-state index contributed by atoms with van der Waals surface area (Å²) in [5.41, 5.74) is 2.74. The molecule has 118 valence electrons. The molecule has 21 heavy (non-hydrogen) atoms. The Balaban J connectivity index is 3.32. The summed E-state index contributed by atoms with van der Waals surface area (Å²) in [6.07, 6.45) is -4.76. The van der Waals surface area contributed by atoms with E-state index in [2.05, 4.69) is 4.72 Å². The van der Waals surface area contributed by atoms with Gasteiger partial charge in [-0.15, -0.1) is 0 Å². The van der Waals surface area contributed by atoms with Crippen molar-refractivity contribution in [2.45, 2.75) is 31.7 Å². The summed E-state index contributed by atoms with van der Waals surface area (Å²) in [4.78, 5) is 11.1. The van der Waals surface area contributed by atoms with Crippen molar-refractivity contribution >= 4 is 21.6 Å². The minimum Gasteiger partial charge on any atom is -0.366 e. The third kappa shape index (κ3) is 3.87. The Morgan fingerprint density at radius 3 is 2.10 bits per heavy atom. The summed E-state index contributed by atoms with van der Waals surface area (Å²) in [7, 11) is -3.82. The smallest absolute Gasteiger partial charge is 0.366 e. The fraction of sp³-hybridized carbons (Fsp3) is 0.417. The number of amides is 1. The van der Waals surface area contributed by atoms with E-state index in [1.54, 1.807) is 0 Å². The Morgan fingerprint density at radius 1 is 1.19 bits per heavy atom. The number of carbonyl (C=O) groups is 1. The number of nitrogens with one attached hydrogen (secondary N) is 1. The number of hydrogen-bond donors (Lipinski definition) is 2. The molecule has 0 heterocycles. The maximum atomic E-state index is 12.7. The van der Waals surface area contributed by atoms with Gasteiger partial charge in [0.1, 0.15) is 0 Å². The van der Waals surface area contributed by atoms with Crippen molar-refractivity contribution in [3.8, 4) is 0 Å². The van der Waals surface area contributed by atoms with E-state index in [4.69, 9.17) is 5.73 Å². The first-order chi connectivity index (χ1) is 9.25. The Hall–Kier alpha value is -1.77. The maximum absolute atomic E-state index is 12.7. The average Bonchev–Trinajstić information content (AvgIpc) is 2.25. The first-order valence-corrected chi connectivity index (χ1v) is 7.27. The second-order valence-corrected chi connectivity index (χ2v) is 7.78. The zero-order chi connectivity index (χ0) is 16.6. The molecule has 1 amide bonds. The highest BCUT2D eigenvalue weighted by molar-refractivity contribution is 7.94. The lowest BCUT2D eigenvalue weighted by molar-refractivity contribution is -0.137. The highest BCUT2D eigenvalue weighted by Gasteiger charge is 2.35. The number of hydrogen-bond acceptors (Lipinski definition) is 3. The summed E-state index contributed by atoms with van der Waals surface area (Å²) in [6.45, 7) is 4.28. The van der Waals surface area contributed by atoms with Crippen molar-refractivity contribution < 1.29 is 26.4 Å². The number of nitrogens with two attached hydrogens (primary N) is 1. The van der Waals surface area contributed by atoms with Gasteiger partial charge in [0.25, 0.3) is 0 Å². The van der Waals surface area contributed by atoms with Crippen LogP contribution in [0.25, 0.3) is 0 Å². The molecule has 1 rings (SSSR count). The van der Waals surface area contributed by atoms with Gasteiger partial charge in [-0.1, -0.05) is 0 Å². The summed E-state index contributed by atoms with van der Waals surface area (Å²) in [5, 5.41) is 0. The molecule has 0 saturated heterocycles. The van der Waals surface area contributed by atoms with Crippen LogP contribution >= 0.6 is 0 Å².